The van der Waals surface area contributed by atoms with Crippen molar-refractivity contribution in [1.82, 2.24) is 10.2 Å². The highest BCUT2D eigenvalue weighted by atomic mass is 16.7. The predicted octanol–water partition coefficient (Wildman–Crippen LogP) is -1.36. The number of carbonyl (C=O) groups is 2. The highest BCUT2D eigenvalue weighted by Gasteiger charge is 2.65. The molecule has 42 heavy (non-hydrogen) atoms. The van der Waals surface area contributed by atoms with Crippen LogP contribution >= 0.6 is 0 Å². The van der Waals surface area contributed by atoms with Gasteiger partial charge in [0.1, 0.15) is 30.5 Å². The molecule has 5 aliphatic rings. The number of benzene rings is 1. The van der Waals surface area contributed by atoms with Crippen molar-refractivity contribution in [2.24, 2.45) is 11.7 Å². The Morgan fingerprint density at radius 1 is 1.17 bits per heavy atom. The topological polar surface area (TPSA) is 193 Å². The van der Waals surface area contributed by atoms with Crippen LogP contribution in [0, 0.1) is 5.92 Å². The molecule has 1 aromatic rings. The van der Waals surface area contributed by atoms with Gasteiger partial charge in [0.2, 0.25) is 0 Å². The Bertz CT molecular complexity index is 1240. The molecule has 2 bridgehead atoms. The second kappa shape index (κ2) is 11.4. The van der Waals surface area contributed by atoms with Crippen LogP contribution in [0.2, 0.25) is 0 Å². The minimum atomic E-state index is -1.82. The molecular weight excluding hydrogens is 550 g/mol. The van der Waals surface area contributed by atoms with E-state index in [1.807, 2.05) is 18.2 Å². The Morgan fingerprint density at radius 2 is 1.98 bits per heavy atom. The molecule has 13 heteroatoms. The highest BCUT2D eigenvalue weighted by molar-refractivity contribution is 5.77. The van der Waals surface area contributed by atoms with E-state index in [2.05, 4.69) is 23.3 Å². The monoisotopic (exact) mass is 589 g/mol. The van der Waals surface area contributed by atoms with Crippen molar-refractivity contribution in [2.45, 2.75) is 80.1 Å². The summed E-state index contributed by atoms with van der Waals surface area (Å²) in [6.07, 6.45) is -2.82. The minimum Gasteiger partial charge on any atom is -0.482 e. The maximum absolute atomic E-state index is 12.4. The van der Waals surface area contributed by atoms with Gasteiger partial charge >= 0.3 is 5.97 Å². The molecule has 13 nitrogen and oxygen atoms in total. The lowest BCUT2D eigenvalue weighted by molar-refractivity contribution is -0.307. The number of carboxylic acid groups (broad SMARTS) is 1. The van der Waals surface area contributed by atoms with Crippen LogP contribution < -0.4 is 20.5 Å². The number of likely N-dealkylation sites (tertiary alicyclic amines) is 1. The Morgan fingerprint density at radius 3 is 2.74 bits per heavy atom. The first-order chi connectivity index (χ1) is 20.2. The molecule has 7 N–H and O–H groups in total. The number of likely N-dealkylation sites (N-methyl/N-ethyl adjacent to an activating group) is 1. The first-order valence-corrected chi connectivity index (χ1v) is 14.6. The molecule has 3 heterocycles. The summed E-state index contributed by atoms with van der Waals surface area (Å²) in [5.74, 6) is -0.634. The molecule has 230 valence electrons. The van der Waals surface area contributed by atoms with E-state index in [0.29, 0.717) is 24.6 Å². The normalized spacial score (nSPS) is 38.0. The molecule has 0 radical (unpaired) electrons. The molecule has 10 unspecified atom stereocenters. The average molecular weight is 590 g/mol. The second-order valence-corrected chi connectivity index (χ2v) is 11.9. The van der Waals surface area contributed by atoms with Gasteiger partial charge in [-0.1, -0.05) is 18.2 Å². The third kappa shape index (κ3) is 4.67. The quantitative estimate of drug-likeness (QED) is 0.139. The fraction of sp³-hybridized carbons (Fsp3) is 0.655. The number of aliphatic carboxylic acids is 1. The van der Waals surface area contributed by atoms with Crippen LogP contribution in [-0.4, -0.2) is 119 Å². The van der Waals surface area contributed by atoms with E-state index < -0.39 is 54.3 Å². The van der Waals surface area contributed by atoms with Gasteiger partial charge in [0.25, 0.3) is 5.91 Å². The van der Waals surface area contributed by atoms with Crippen LogP contribution in [0.5, 0.6) is 11.5 Å². The zero-order valence-corrected chi connectivity index (χ0v) is 23.4. The second-order valence-electron chi connectivity index (χ2n) is 11.9. The summed E-state index contributed by atoms with van der Waals surface area (Å²) >= 11 is 0. The minimum absolute atomic E-state index is 0.0901. The van der Waals surface area contributed by atoms with Gasteiger partial charge in [-0.2, -0.15) is 0 Å². The van der Waals surface area contributed by atoms with Crippen LogP contribution in [0.3, 0.4) is 0 Å². The number of nitrogens with zero attached hydrogens (tertiary/aromatic N) is 1. The van der Waals surface area contributed by atoms with Gasteiger partial charge in [-0.3, -0.25) is 4.79 Å². The number of rotatable bonds is 10. The van der Waals surface area contributed by atoms with Crippen LogP contribution in [0.1, 0.15) is 30.4 Å². The van der Waals surface area contributed by atoms with Gasteiger partial charge in [0.15, 0.2) is 30.5 Å². The fourth-order valence-electron chi connectivity index (χ4n) is 7.45. The number of aliphatic hydroxyl groups excluding tert-OH is 3. The van der Waals surface area contributed by atoms with Crippen molar-refractivity contribution in [3.8, 4) is 11.5 Å². The van der Waals surface area contributed by atoms with Crippen molar-refractivity contribution < 1.29 is 49.0 Å². The Hall–Kier alpha value is -2.78. The van der Waals surface area contributed by atoms with E-state index >= 15 is 0 Å². The number of aliphatic hydroxyl groups is 3. The van der Waals surface area contributed by atoms with Crippen LogP contribution in [0.15, 0.2) is 24.3 Å². The summed E-state index contributed by atoms with van der Waals surface area (Å²) in [6.45, 7) is 1.71. The van der Waals surface area contributed by atoms with Gasteiger partial charge in [-0.05, 0) is 57.5 Å². The summed E-state index contributed by atoms with van der Waals surface area (Å²) < 4.78 is 24.3. The first-order valence-electron chi connectivity index (χ1n) is 14.6. The highest BCUT2D eigenvalue weighted by Crippen LogP contribution is 2.62. The van der Waals surface area contributed by atoms with E-state index in [1.54, 1.807) is 0 Å². The number of ether oxygens (including phenoxy) is 4. The van der Waals surface area contributed by atoms with Crippen molar-refractivity contribution in [1.29, 1.82) is 0 Å². The van der Waals surface area contributed by atoms with Crippen LogP contribution in [-0.2, 0) is 30.9 Å². The van der Waals surface area contributed by atoms with Gasteiger partial charge in [0, 0.05) is 29.5 Å². The van der Waals surface area contributed by atoms with Crippen LogP contribution in [0.25, 0.3) is 0 Å². The zero-order valence-electron chi connectivity index (χ0n) is 23.4. The summed E-state index contributed by atoms with van der Waals surface area (Å²) in [5, 5.41) is 43.4. The molecule has 2 saturated heterocycles. The summed E-state index contributed by atoms with van der Waals surface area (Å²) in [7, 11) is 2.11. The molecule has 1 spiro atoms. The first kappa shape index (κ1) is 29.3. The van der Waals surface area contributed by atoms with Crippen LogP contribution in [0.4, 0.5) is 0 Å². The SMILES string of the molecule is CN1CCC23c4c5ccc(OCC(=O)NCCCCN)c4OC2C(OC2OC(C(=O)O)C(O)C(O)C2O)C=CC3C1C5. The zero-order chi connectivity index (χ0) is 29.8. The maximum atomic E-state index is 12.4. The van der Waals surface area contributed by atoms with E-state index in [4.69, 9.17) is 24.7 Å². The number of nitrogens with one attached hydrogen (secondary N) is 1. The predicted molar refractivity (Wildman–Crippen MR) is 146 cm³/mol. The molecule has 2 fully saturated rings. The fourth-order valence-corrected chi connectivity index (χ4v) is 7.45. The van der Waals surface area contributed by atoms with Gasteiger partial charge in [0.05, 0.1) is 0 Å². The third-order valence-electron chi connectivity index (χ3n) is 9.53. The van der Waals surface area contributed by atoms with E-state index in [-0.39, 0.29) is 24.5 Å². The van der Waals surface area contributed by atoms with Crippen molar-refractivity contribution in [3.63, 3.8) is 0 Å². The molecule has 0 aromatic heterocycles. The maximum Gasteiger partial charge on any atom is 0.335 e. The lowest BCUT2D eigenvalue weighted by atomic mass is 9.53. The Balaban J connectivity index is 1.28. The number of carboxylic acids is 1. The number of nitrogens with two attached hydrogens (primary N) is 1. The number of hydrogen-bond acceptors (Lipinski definition) is 11. The summed E-state index contributed by atoms with van der Waals surface area (Å²) in [4.78, 5) is 26.4. The number of carbonyl (C=O) groups excluding carboxylic acids is 1. The van der Waals surface area contributed by atoms with Crippen molar-refractivity contribution in [2.75, 3.05) is 33.3 Å². The number of hydrogen-bond donors (Lipinski definition) is 6. The Kier molecular flexibility index (Phi) is 7.94. The lowest BCUT2D eigenvalue weighted by Gasteiger charge is -2.57. The summed E-state index contributed by atoms with van der Waals surface area (Å²) in [5.41, 5.74) is 7.19. The number of amides is 1. The van der Waals surface area contributed by atoms with Crippen molar-refractivity contribution in [3.05, 3.63) is 35.4 Å². The summed E-state index contributed by atoms with van der Waals surface area (Å²) in [6, 6.07) is 4.07. The number of piperidine rings is 1. The smallest absolute Gasteiger partial charge is 0.335 e. The Labute approximate surface area is 243 Å². The van der Waals surface area contributed by atoms with Crippen molar-refractivity contribution >= 4 is 11.9 Å². The van der Waals surface area contributed by atoms with Gasteiger partial charge < -0.3 is 55.3 Å². The third-order valence-corrected chi connectivity index (χ3v) is 9.53. The molecule has 6 rings (SSSR count). The largest absolute Gasteiger partial charge is 0.482 e. The lowest BCUT2D eigenvalue weighted by Crippen LogP contribution is -2.66. The van der Waals surface area contributed by atoms with Gasteiger partial charge in [-0.15, -0.1) is 0 Å². The molecule has 2 aliphatic carbocycles. The van der Waals surface area contributed by atoms with Gasteiger partial charge in [-0.25, -0.2) is 4.79 Å². The van der Waals surface area contributed by atoms with E-state index in [1.165, 1.54) is 0 Å². The number of unbranched alkanes of at least 4 members (excludes halogenated alkanes) is 1. The molecule has 0 saturated carbocycles. The van der Waals surface area contributed by atoms with E-state index in [9.17, 15) is 30.0 Å². The average Bonchev–Trinajstić information content (AvgIpc) is 3.32. The molecule has 3 aliphatic heterocycles. The standard InChI is InChI=1S/C29H39N3O10/c1-32-11-8-29-15-5-7-18(40-28-23(36)21(34)22(35)25(42-28)27(37)38)26(29)41-24-17(6-4-14(20(24)29)12-16(15)32)39-13-19(33)31-10-3-2-9-30/h4-7,15-16,18,21-23,25-26,28,34-36H,2-3,8-13,30H2,1H3,(H,31,33)(H,37,38). The molecule has 1 aromatic carbocycles. The molecular formula is C29H39N3O10. The molecule has 1 amide bonds. The molecule has 10 atom stereocenters. The van der Waals surface area contributed by atoms with E-state index in [0.717, 1.165) is 43.4 Å².